The van der Waals surface area contributed by atoms with Crippen LogP contribution in [0.1, 0.15) is 10.4 Å². The Hall–Kier alpha value is -3.06. The average Bonchev–Trinajstić information content (AvgIpc) is 3.24. The fraction of sp³-hybridized carbons (Fsp3) is 0. The van der Waals surface area contributed by atoms with Crippen molar-refractivity contribution >= 4 is 33.4 Å². The second-order valence-corrected chi connectivity index (χ2v) is 5.70. The largest absolute Gasteiger partial charge is 0.345 e. The third-order valence-corrected chi connectivity index (χ3v) is 4.09. The number of fused-ring (bicyclic) bond motifs is 1. The second-order valence-electron chi connectivity index (χ2n) is 4.84. The maximum absolute atomic E-state index is 12.3. The van der Waals surface area contributed by atoms with Gasteiger partial charge in [0.25, 0.3) is 5.91 Å². The summed E-state index contributed by atoms with van der Waals surface area (Å²) in [6, 6.07) is 11.0. The number of aromatic amines is 1. The monoisotopic (exact) mass is 321 g/mol. The van der Waals surface area contributed by atoms with Crippen molar-refractivity contribution in [3.05, 3.63) is 59.9 Å². The quantitative estimate of drug-likeness (QED) is 0.606. The first kappa shape index (κ1) is 13.6. The Labute approximate surface area is 135 Å². The summed E-state index contributed by atoms with van der Waals surface area (Å²) < 4.78 is 0. The fourth-order valence-corrected chi connectivity index (χ4v) is 2.91. The van der Waals surface area contributed by atoms with E-state index in [4.69, 9.17) is 0 Å². The Morgan fingerprint density at radius 1 is 1.13 bits per heavy atom. The predicted octanol–water partition coefficient (Wildman–Crippen LogP) is 3.33. The summed E-state index contributed by atoms with van der Waals surface area (Å²) in [4.78, 5) is 28.1. The van der Waals surface area contributed by atoms with Crippen LogP contribution in [0.15, 0.2) is 54.3 Å². The maximum Gasteiger partial charge on any atom is 0.257 e. The Balaban J connectivity index is 1.55. The summed E-state index contributed by atoms with van der Waals surface area (Å²) in [6.07, 6.45) is 3.32. The first-order chi connectivity index (χ1) is 11.3. The number of hydrogen-bond acceptors (Lipinski definition) is 5. The van der Waals surface area contributed by atoms with Crippen LogP contribution >= 0.6 is 11.3 Å². The summed E-state index contributed by atoms with van der Waals surface area (Å²) in [7, 11) is 0. The molecule has 0 bridgehead atoms. The van der Waals surface area contributed by atoms with E-state index in [-0.39, 0.29) is 5.91 Å². The molecule has 0 spiro atoms. The highest BCUT2D eigenvalue weighted by Gasteiger charge is 2.11. The molecule has 7 heteroatoms. The number of benzene rings is 1. The van der Waals surface area contributed by atoms with Crippen molar-refractivity contribution in [3.8, 4) is 11.4 Å². The minimum Gasteiger partial charge on any atom is -0.345 e. The molecule has 0 fully saturated rings. The van der Waals surface area contributed by atoms with Gasteiger partial charge in [0.15, 0.2) is 5.13 Å². The molecule has 1 aromatic carbocycles. The summed E-state index contributed by atoms with van der Waals surface area (Å²) in [5.41, 5.74) is 3.73. The zero-order valence-electron chi connectivity index (χ0n) is 11.9. The molecule has 0 aliphatic rings. The predicted molar refractivity (Wildman–Crippen MR) is 89.4 cm³/mol. The van der Waals surface area contributed by atoms with Gasteiger partial charge in [-0.1, -0.05) is 6.07 Å². The molecule has 23 heavy (non-hydrogen) atoms. The van der Waals surface area contributed by atoms with E-state index >= 15 is 0 Å². The van der Waals surface area contributed by atoms with E-state index in [2.05, 4.69) is 25.3 Å². The molecule has 4 aromatic rings. The van der Waals surface area contributed by atoms with Crippen LogP contribution in [0.5, 0.6) is 0 Å². The van der Waals surface area contributed by atoms with Gasteiger partial charge in [-0.05, 0) is 30.3 Å². The molecule has 2 N–H and O–H groups in total. The van der Waals surface area contributed by atoms with E-state index in [1.165, 1.54) is 11.3 Å². The minimum absolute atomic E-state index is 0.205. The highest BCUT2D eigenvalue weighted by molar-refractivity contribution is 7.14. The summed E-state index contributed by atoms with van der Waals surface area (Å²) in [5, 5.41) is 5.22. The number of nitrogens with one attached hydrogen (secondary N) is 2. The zero-order chi connectivity index (χ0) is 15.6. The number of anilines is 1. The Morgan fingerprint density at radius 2 is 2.09 bits per heavy atom. The van der Waals surface area contributed by atoms with Crippen molar-refractivity contribution in [1.82, 2.24) is 19.9 Å². The number of carbonyl (C=O) groups excluding carboxylic acids is 1. The van der Waals surface area contributed by atoms with Gasteiger partial charge in [-0.3, -0.25) is 15.1 Å². The number of amides is 1. The van der Waals surface area contributed by atoms with Crippen molar-refractivity contribution in [2.45, 2.75) is 0 Å². The van der Waals surface area contributed by atoms with Gasteiger partial charge in [-0.2, -0.15) is 0 Å². The van der Waals surface area contributed by atoms with Gasteiger partial charge in [-0.25, -0.2) is 9.97 Å². The Bertz CT molecular complexity index is 976. The van der Waals surface area contributed by atoms with Crippen LogP contribution in [-0.4, -0.2) is 25.8 Å². The number of aromatic nitrogens is 4. The third kappa shape index (κ3) is 2.69. The number of nitrogens with zero attached hydrogens (tertiary/aromatic N) is 3. The number of H-pyrrole nitrogens is 1. The van der Waals surface area contributed by atoms with Gasteiger partial charge in [0.1, 0.15) is 5.69 Å². The van der Waals surface area contributed by atoms with Crippen LogP contribution in [-0.2, 0) is 0 Å². The number of rotatable bonds is 3. The van der Waals surface area contributed by atoms with Crippen molar-refractivity contribution < 1.29 is 4.79 Å². The molecule has 0 aliphatic heterocycles. The normalized spacial score (nSPS) is 10.8. The van der Waals surface area contributed by atoms with Gasteiger partial charge >= 0.3 is 0 Å². The highest BCUT2D eigenvalue weighted by Crippen LogP contribution is 2.23. The van der Waals surface area contributed by atoms with Crippen molar-refractivity contribution in [2.24, 2.45) is 0 Å². The molecule has 0 saturated carbocycles. The van der Waals surface area contributed by atoms with Crippen molar-refractivity contribution in [3.63, 3.8) is 0 Å². The molecule has 0 atom stereocenters. The minimum atomic E-state index is -0.205. The fourth-order valence-electron chi connectivity index (χ4n) is 2.21. The lowest BCUT2D eigenvalue weighted by Crippen LogP contribution is -2.11. The van der Waals surface area contributed by atoms with Crippen molar-refractivity contribution in [2.75, 3.05) is 5.32 Å². The molecule has 1 amide bonds. The van der Waals surface area contributed by atoms with E-state index < -0.39 is 0 Å². The molecular weight excluding hydrogens is 310 g/mol. The molecular formula is C16H11N5OS. The van der Waals surface area contributed by atoms with Gasteiger partial charge in [0.2, 0.25) is 0 Å². The SMILES string of the molecule is O=C(Nc1nc(-c2ccccn2)cs1)c1ccc2nc[nH]c2c1. The number of hydrogen-bond donors (Lipinski definition) is 2. The topological polar surface area (TPSA) is 83.6 Å². The molecule has 0 saturated heterocycles. The standard InChI is InChI=1S/C16H11N5OS/c22-15(10-4-5-12-13(7-10)19-9-18-12)21-16-20-14(8-23-16)11-3-1-2-6-17-11/h1-9H,(H,18,19)(H,20,21,22). The van der Waals surface area contributed by atoms with Gasteiger partial charge < -0.3 is 4.98 Å². The smallest absolute Gasteiger partial charge is 0.257 e. The highest BCUT2D eigenvalue weighted by atomic mass is 32.1. The zero-order valence-corrected chi connectivity index (χ0v) is 12.7. The van der Waals surface area contributed by atoms with Crippen molar-refractivity contribution in [1.29, 1.82) is 0 Å². The van der Waals surface area contributed by atoms with Crippen LogP contribution in [0.4, 0.5) is 5.13 Å². The molecule has 112 valence electrons. The number of thiazole rings is 1. The average molecular weight is 321 g/mol. The summed E-state index contributed by atoms with van der Waals surface area (Å²) >= 11 is 1.37. The lowest BCUT2D eigenvalue weighted by atomic mass is 10.2. The van der Waals surface area contributed by atoms with E-state index in [9.17, 15) is 4.79 Å². The summed E-state index contributed by atoms with van der Waals surface area (Å²) in [6.45, 7) is 0. The molecule has 3 heterocycles. The van der Waals surface area contributed by atoms with E-state index in [0.29, 0.717) is 10.7 Å². The molecule has 3 aromatic heterocycles. The molecule has 4 rings (SSSR count). The van der Waals surface area contributed by atoms with Gasteiger partial charge in [-0.15, -0.1) is 11.3 Å². The van der Waals surface area contributed by atoms with E-state index in [0.717, 1.165) is 22.4 Å². The second kappa shape index (κ2) is 5.62. The Morgan fingerprint density at radius 3 is 2.96 bits per heavy atom. The first-order valence-electron chi connectivity index (χ1n) is 6.91. The summed E-state index contributed by atoms with van der Waals surface area (Å²) in [5.74, 6) is -0.205. The molecule has 0 unspecified atom stereocenters. The molecule has 0 aliphatic carbocycles. The van der Waals surface area contributed by atoms with Crippen LogP contribution < -0.4 is 5.32 Å². The lowest BCUT2D eigenvalue weighted by molar-refractivity contribution is 0.102. The van der Waals surface area contributed by atoms with Crippen LogP contribution in [0.2, 0.25) is 0 Å². The Kier molecular flexibility index (Phi) is 3.32. The van der Waals surface area contributed by atoms with Crippen LogP contribution in [0.25, 0.3) is 22.4 Å². The van der Waals surface area contributed by atoms with E-state index in [1.807, 2.05) is 29.6 Å². The molecule has 6 nitrogen and oxygen atoms in total. The molecule has 0 radical (unpaired) electrons. The number of imidazole rings is 1. The first-order valence-corrected chi connectivity index (χ1v) is 7.79. The third-order valence-electron chi connectivity index (χ3n) is 3.33. The van der Waals surface area contributed by atoms with E-state index in [1.54, 1.807) is 24.7 Å². The lowest BCUT2D eigenvalue weighted by Gasteiger charge is -2.01. The van der Waals surface area contributed by atoms with Crippen LogP contribution in [0, 0.1) is 0 Å². The number of pyridine rings is 1. The van der Waals surface area contributed by atoms with Gasteiger partial charge in [0, 0.05) is 17.1 Å². The number of carbonyl (C=O) groups is 1. The van der Waals surface area contributed by atoms with Gasteiger partial charge in [0.05, 0.1) is 23.1 Å². The maximum atomic E-state index is 12.3. The van der Waals surface area contributed by atoms with Crippen LogP contribution in [0.3, 0.4) is 0 Å².